The first-order chi connectivity index (χ1) is 12.2. The predicted octanol–water partition coefficient (Wildman–Crippen LogP) is 1.08. The molecule has 1 aromatic heterocycles. The van der Waals surface area contributed by atoms with Crippen molar-refractivity contribution >= 4 is 23.5 Å². The van der Waals surface area contributed by atoms with Crippen LogP contribution in [-0.2, 0) is 9.59 Å². The summed E-state index contributed by atoms with van der Waals surface area (Å²) in [4.78, 5) is 44.1. The summed E-state index contributed by atoms with van der Waals surface area (Å²) in [5, 5.41) is 5.71. The molecule has 0 aromatic carbocycles. The Hall–Kier alpha value is -2.64. The van der Waals surface area contributed by atoms with Crippen molar-refractivity contribution in [1.82, 2.24) is 20.1 Å². The summed E-state index contributed by atoms with van der Waals surface area (Å²) in [6.07, 6.45) is 0.816. The maximum absolute atomic E-state index is 12.6. The van der Waals surface area contributed by atoms with Crippen LogP contribution in [0.5, 0.6) is 0 Å². The van der Waals surface area contributed by atoms with Gasteiger partial charge < -0.3 is 15.5 Å². The standard InChI is InChI=1S/C18H25N5O3/c1-11-7-13(19-4)8-14(20-11)12-5-6-22(9-12)15(24)10-23-16(25)18(2,3)21-17(23)26/h7-8,12H,5-6,9-10H2,1-4H3,(H,19,20)(H,21,26). The lowest BCUT2D eigenvalue weighted by Gasteiger charge is -2.20. The summed E-state index contributed by atoms with van der Waals surface area (Å²) in [5.41, 5.74) is 1.93. The van der Waals surface area contributed by atoms with Crippen molar-refractivity contribution in [3.63, 3.8) is 0 Å². The van der Waals surface area contributed by atoms with E-state index in [-0.39, 0.29) is 24.3 Å². The molecule has 3 rings (SSSR count). The molecule has 8 nitrogen and oxygen atoms in total. The van der Waals surface area contributed by atoms with Crippen molar-refractivity contribution in [3.8, 4) is 0 Å². The molecule has 1 atom stereocenters. The lowest BCUT2D eigenvalue weighted by molar-refractivity contribution is -0.137. The quantitative estimate of drug-likeness (QED) is 0.785. The van der Waals surface area contributed by atoms with E-state index >= 15 is 0 Å². The van der Waals surface area contributed by atoms with Crippen LogP contribution in [0.4, 0.5) is 10.5 Å². The topological polar surface area (TPSA) is 94.6 Å². The van der Waals surface area contributed by atoms with Gasteiger partial charge in [-0.3, -0.25) is 19.5 Å². The van der Waals surface area contributed by atoms with Crippen LogP contribution in [-0.4, -0.2) is 64.9 Å². The number of urea groups is 1. The molecule has 0 radical (unpaired) electrons. The van der Waals surface area contributed by atoms with Gasteiger partial charge in [-0.25, -0.2) is 4.79 Å². The number of nitrogens with zero attached hydrogens (tertiary/aromatic N) is 3. The Morgan fingerprint density at radius 2 is 2.12 bits per heavy atom. The molecule has 0 spiro atoms. The van der Waals surface area contributed by atoms with E-state index < -0.39 is 11.6 Å². The number of hydrogen-bond donors (Lipinski definition) is 2. The molecule has 0 saturated carbocycles. The molecule has 1 unspecified atom stereocenters. The second-order valence-electron chi connectivity index (χ2n) is 7.44. The third-order valence-electron chi connectivity index (χ3n) is 4.96. The zero-order valence-electron chi connectivity index (χ0n) is 15.6. The third-order valence-corrected chi connectivity index (χ3v) is 4.96. The van der Waals surface area contributed by atoms with Gasteiger partial charge in [-0.15, -0.1) is 0 Å². The van der Waals surface area contributed by atoms with E-state index in [0.717, 1.165) is 28.4 Å². The fourth-order valence-corrected chi connectivity index (χ4v) is 3.47. The van der Waals surface area contributed by atoms with Crippen molar-refractivity contribution in [2.24, 2.45) is 0 Å². The lowest BCUT2D eigenvalue weighted by atomic mass is 10.0. The van der Waals surface area contributed by atoms with E-state index in [0.29, 0.717) is 13.1 Å². The lowest BCUT2D eigenvalue weighted by Crippen LogP contribution is -2.44. The Morgan fingerprint density at radius 1 is 1.38 bits per heavy atom. The minimum absolute atomic E-state index is 0.158. The van der Waals surface area contributed by atoms with Gasteiger partial charge >= 0.3 is 6.03 Å². The number of anilines is 1. The van der Waals surface area contributed by atoms with Gasteiger partial charge in [-0.1, -0.05) is 0 Å². The maximum Gasteiger partial charge on any atom is 0.325 e. The molecule has 1 aromatic rings. The molecule has 8 heteroatoms. The van der Waals surface area contributed by atoms with Crippen LogP contribution in [0.2, 0.25) is 0 Å². The molecule has 2 fully saturated rings. The van der Waals surface area contributed by atoms with E-state index in [1.54, 1.807) is 18.7 Å². The molecular weight excluding hydrogens is 334 g/mol. The summed E-state index contributed by atoms with van der Waals surface area (Å²) in [7, 11) is 1.86. The van der Waals surface area contributed by atoms with E-state index in [4.69, 9.17) is 0 Å². The Labute approximate surface area is 152 Å². The predicted molar refractivity (Wildman–Crippen MR) is 96.8 cm³/mol. The van der Waals surface area contributed by atoms with Gasteiger partial charge in [-0.05, 0) is 39.3 Å². The molecule has 4 amide bonds. The summed E-state index contributed by atoms with van der Waals surface area (Å²) >= 11 is 0. The number of aryl methyl sites for hydroxylation is 1. The Morgan fingerprint density at radius 3 is 2.73 bits per heavy atom. The number of carbonyl (C=O) groups excluding carboxylic acids is 3. The number of carbonyl (C=O) groups is 3. The highest BCUT2D eigenvalue weighted by atomic mass is 16.2. The van der Waals surface area contributed by atoms with Gasteiger partial charge in [0, 0.05) is 43.1 Å². The van der Waals surface area contributed by atoms with Gasteiger partial charge in [-0.2, -0.15) is 0 Å². The molecule has 140 valence electrons. The van der Waals surface area contributed by atoms with Gasteiger partial charge in [0.25, 0.3) is 5.91 Å². The van der Waals surface area contributed by atoms with E-state index in [9.17, 15) is 14.4 Å². The third kappa shape index (κ3) is 3.36. The van der Waals surface area contributed by atoms with Gasteiger partial charge in [0.1, 0.15) is 12.1 Å². The highest BCUT2D eigenvalue weighted by Crippen LogP contribution is 2.28. The van der Waals surface area contributed by atoms with Crippen molar-refractivity contribution in [3.05, 3.63) is 23.5 Å². The first-order valence-electron chi connectivity index (χ1n) is 8.79. The number of hydrogen-bond acceptors (Lipinski definition) is 5. The number of amides is 4. The van der Waals surface area contributed by atoms with Crippen LogP contribution in [0.25, 0.3) is 0 Å². The van der Waals surface area contributed by atoms with Crippen LogP contribution in [0.15, 0.2) is 12.1 Å². The van der Waals surface area contributed by atoms with Crippen LogP contribution in [0.3, 0.4) is 0 Å². The highest BCUT2D eigenvalue weighted by Gasteiger charge is 2.45. The van der Waals surface area contributed by atoms with Crippen molar-refractivity contribution in [2.45, 2.75) is 38.6 Å². The molecule has 2 N–H and O–H groups in total. The van der Waals surface area contributed by atoms with Crippen molar-refractivity contribution in [1.29, 1.82) is 0 Å². The number of pyridine rings is 1. The Bertz CT molecular complexity index is 761. The van der Waals surface area contributed by atoms with Crippen LogP contribution < -0.4 is 10.6 Å². The van der Waals surface area contributed by atoms with Gasteiger partial charge in [0.15, 0.2) is 0 Å². The number of nitrogens with one attached hydrogen (secondary N) is 2. The second-order valence-corrected chi connectivity index (χ2v) is 7.44. The average Bonchev–Trinajstić information content (AvgIpc) is 3.14. The Kier molecular flexibility index (Phi) is 4.60. The minimum atomic E-state index is -0.958. The summed E-state index contributed by atoms with van der Waals surface area (Å²) in [5.74, 6) is -0.425. The number of likely N-dealkylation sites (tertiary alicyclic amines) is 1. The molecule has 0 bridgehead atoms. The van der Waals surface area contributed by atoms with Gasteiger partial charge in [0.05, 0.1) is 0 Å². The molecule has 2 aliphatic rings. The first-order valence-corrected chi connectivity index (χ1v) is 8.79. The number of imide groups is 1. The summed E-state index contributed by atoms with van der Waals surface area (Å²) in [6.45, 7) is 6.14. The first kappa shape index (κ1) is 18.2. The largest absolute Gasteiger partial charge is 0.388 e. The van der Waals surface area contributed by atoms with E-state index in [2.05, 4.69) is 15.6 Å². The molecule has 2 saturated heterocycles. The zero-order chi connectivity index (χ0) is 19.1. The van der Waals surface area contributed by atoms with E-state index in [1.807, 2.05) is 26.1 Å². The molecule has 0 aliphatic carbocycles. The molecule has 26 heavy (non-hydrogen) atoms. The van der Waals surface area contributed by atoms with Gasteiger partial charge in [0.2, 0.25) is 5.91 Å². The van der Waals surface area contributed by atoms with Crippen LogP contribution >= 0.6 is 0 Å². The normalized spacial score (nSPS) is 21.9. The maximum atomic E-state index is 12.6. The molecular formula is C18H25N5O3. The summed E-state index contributed by atoms with van der Waals surface area (Å²) in [6, 6.07) is 3.47. The Balaban J connectivity index is 1.66. The average molecular weight is 359 g/mol. The summed E-state index contributed by atoms with van der Waals surface area (Å²) < 4.78 is 0. The fraction of sp³-hybridized carbons (Fsp3) is 0.556. The van der Waals surface area contributed by atoms with Crippen molar-refractivity contribution in [2.75, 3.05) is 32.0 Å². The monoisotopic (exact) mass is 359 g/mol. The van der Waals surface area contributed by atoms with Crippen LogP contribution in [0.1, 0.15) is 37.6 Å². The van der Waals surface area contributed by atoms with E-state index in [1.165, 1.54) is 0 Å². The second kappa shape index (κ2) is 6.59. The van der Waals surface area contributed by atoms with Crippen molar-refractivity contribution < 1.29 is 14.4 Å². The number of aromatic nitrogens is 1. The SMILES string of the molecule is CNc1cc(C)nc(C2CCN(C(=O)CN3C(=O)NC(C)(C)C3=O)C2)c1. The molecule has 2 aliphatic heterocycles. The minimum Gasteiger partial charge on any atom is -0.388 e. The fourth-order valence-electron chi connectivity index (χ4n) is 3.47. The highest BCUT2D eigenvalue weighted by molar-refractivity contribution is 6.08. The molecule has 3 heterocycles. The zero-order valence-corrected chi connectivity index (χ0v) is 15.6. The van der Waals surface area contributed by atoms with Crippen LogP contribution in [0, 0.1) is 6.92 Å². The number of rotatable bonds is 4. The smallest absolute Gasteiger partial charge is 0.325 e.